The zero-order valence-electron chi connectivity index (χ0n) is 15.1. The average Bonchev–Trinajstić information content (AvgIpc) is 3.18. The topological polar surface area (TPSA) is 115 Å². The van der Waals surface area contributed by atoms with Crippen LogP contribution in [-0.4, -0.2) is 32.6 Å². The largest absolute Gasteiger partial charge is 0.300 e. The summed E-state index contributed by atoms with van der Waals surface area (Å²) in [6.45, 7) is 0. The molecule has 1 aromatic heterocycles. The van der Waals surface area contributed by atoms with Crippen molar-refractivity contribution in [1.29, 1.82) is 0 Å². The van der Waals surface area contributed by atoms with Crippen molar-refractivity contribution in [3.05, 3.63) is 75.8 Å². The molecule has 148 valence electrons. The van der Waals surface area contributed by atoms with Crippen molar-refractivity contribution in [2.45, 2.75) is 17.2 Å². The van der Waals surface area contributed by atoms with Crippen molar-refractivity contribution in [2.24, 2.45) is 0 Å². The SMILES string of the molecule is O=C(CCc1ccccc1)Nc1nnc(SCC(=O)c2cccc([N+](=O)[O-])c2)s1. The number of thioether (sulfide) groups is 1. The number of nitrogens with zero attached hydrogens (tertiary/aromatic N) is 3. The molecule has 1 amide bonds. The van der Waals surface area contributed by atoms with Gasteiger partial charge in [-0.2, -0.15) is 0 Å². The summed E-state index contributed by atoms with van der Waals surface area (Å²) in [6.07, 6.45) is 0.960. The molecule has 29 heavy (non-hydrogen) atoms. The molecule has 0 fully saturated rings. The number of carbonyl (C=O) groups excluding carboxylic acids is 2. The Labute approximate surface area is 174 Å². The Hall–Kier alpha value is -3.11. The molecule has 0 aliphatic heterocycles. The van der Waals surface area contributed by atoms with Crippen LogP contribution in [0.3, 0.4) is 0 Å². The maximum atomic E-state index is 12.2. The van der Waals surface area contributed by atoms with E-state index in [9.17, 15) is 19.7 Å². The zero-order valence-corrected chi connectivity index (χ0v) is 16.7. The molecular formula is C19H16N4O4S2. The van der Waals surface area contributed by atoms with E-state index in [-0.39, 0.29) is 28.7 Å². The Balaban J connectivity index is 1.48. The summed E-state index contributed by atoms with van der Waals surface area (Å²) in [7, 11) is 0. The van der Waals surface area contributed by atoms with E-state index in [1.54, 1.807) is 0 Å². The molecule has 0 saturated heterocycles. The molecule has 0 bridgehead atoms. The predicted molar refractivity (Wildman–Crippen MR) is 111 cm³/mol. The highest BCUT2D eigenvalue weighted by Gasteiger charge is 2.14. The van der Waals surface area contributed by atoms with E-state index in [1.807, 2.05) is 30.3 Å². The summed E-state index contributed by atoms with van der Waals surface area (Å²) >= 11 is 2.35. The van der Waals surface area contributed by atoms with E-state index in [0.29, 0.717) is 22.3 Å². The van der Waals surface area contributed by atoms with Gasteiger partial charge in [-0.05, 0) is 12.0 Å². The second kappa shape index (κ2) is 9.89. The Bertz CT molecular complexity index is 1020. The molecule has 0 spiro atoms. The summed E-state index contributed by atoms with van der Waals surface area (Å²) in [5.74, 6) is -0.339. The first-order valence-corrected chi connectivity index (χ1v) is 10.4. The van der Waals surface area contributed by atoms with Crippen LogP contribution in [-0.2, 0) is 11.2 Å². The number of benzene rings is 2. The van der Waals surface area contributed by atoms with E-state index in [1.165, 1.54) is 47.4 Å². The highest BCUT2D eigenvalue weighted by molar-refractivity contribution is 8.01. The fourth-order valence-corrected chi connectivity index (χ4v) is 4.07. The number of ketones is 1. The lowest BCUT2D eigenvalue weighted by Gasteiger charge is -2.01. The second-order valence-electron chi connectivity index (χ2n) is 5.93. The van der Waals surface area contributed by atoms with Gasteiger partial charge in [-0.15, -0.1) is 10.2 Å². The van der Waals surface area contributed by atoms with Crippen molar-refractivity contribution in [1.82, 2.24) is 10.2 Å². The summed E-state index contributed by atoms with van der Waals surface area (Å²) in [4.78, 5) is 34.6. The molecule has 0 atom stereocenters. The first-order valence-electron chi connectivity index (χ1n) is 8.59. The number of carbonyl (C=O) groups is 2. The zero-order chi connectivity index (χ0) is 20.6. The van der Waals surface area contributed by atoms with Gasteiger partial charge in [0.1, 0.15) is 0 Å². The highest BCUT2D eigenvalue weighted by Crippen LogP contribution is 2.26. The van der Waals surface area contributed by atoms with E-state index in [4.69, 9.17) is 0 Å². The van der Waals surface area contributed by atoms with Crippen LogP contribution in [0.15, 0.2) is 58.9 Å². The monoisotopic (exact) mass is 428 g/mol. The van der Waals surface area contributed by atoms with Gasteiger partial charge in [0.25, 0.3) is 5.69 Å². The Morgan fingerprint density at radius 1 is 1.10 bits per heavy atom. The number of hydrogen-bond acceptors (Lipinski definition) is 8. The second-order valence-corrected chi connectivity index (χ2v) is 8.13. The smallest absolute Gasteiger partial charge is 0.270 e. The summed E-state index contributed by atoms with van der Waals surface area (Å²) in [5.41, 5.74) is 1.22. The van der Waals surface area contributed by atoms with E-state index < -0.39 is 4.92 Å². The number of non-ortho nitro benzene ring substituents is 1. The number of nitro groups is 1. The minimum atomic E-state index is -0.540. The molecule has 0 aliphatic rings. The van der Waals surface area contributed by atoms with Crippen LogP contribution in [0.1, 0.15) is 22.3 Å². The van der Waals surface area contributed by atoms with Gasteiger partial charge < -0.3 is 5.32 Å². The maximum absolute atomic E-state index is 12.2. The van der Waals surface area contributed by atoms with Gasteiger partial charge in [-0.1, -0.05) is 65.6 Å². The lowest BCUT2D eigenvalue weighted by molar-refractivity contribution is -0.384. The highest BCUT2D eigenvalue weighted by atomic mass is 32.2. The van der Waals surface area contributed by atoms with Gasteiger partial charge in [-0.25, -0.2) is 0 Å². The van der Waals surface area contributed by atoms with Crippen molar-refractivity contribution in [2.75, 3.05) is 11.1 Å². The lowest BCUT2D eigenvalue weighted by Crippen LogP contribution is -2.12. The van der Waals surface area contributed by atoms with Crippen LogP contribution in [0.25, 0.3) is 0 Å². The quantitative estimate of drug-likeness (QED) is 0.180. The third kappa shape index (κ3) is 6.19. The van der Waals surface area contributed by atoms with Crippen LogP contribution >= 0.6 is 23.1 Å². The third-order valence-corrected chi connectivity index (χ3v) is 5.81. The Kier molecular flexibility index (Phi) is 7.04. The first-order chi connectivity index (χ1) is 14.0. The maximum Gasteiger partial charge on any atom is 0.270 e. The molecule has 0 saturated carbocycles. The molecule has 3 aromatic rings. The fraction of sp³-hybridized carbons (Fsp3) is 0.158. The van der Waals surface area contributed by atoms with Crippen molar-refractivity contribution < 1.29 is 14.5 Å². The molecular weight excluding hydrogens is 412 g/mol. The molecule has 1 heterocycles. The molecule has 8 nitrogen and oxygen atoms in total. The molecule has 1 N–H and O–H groups in total. The minimum absolute atomic E-state index is 0.0672. The van der Waals surface area contributed by atoms with Gasteiger partial charge in [0.2, 0.25) is 11.0 Å². The standard InChI is InChI=1S/C19H16N4O4S2/c24-16(14-7-4-8-15(11-14)23(26)27)12-28-19-22-21-18(29-19)20-17(25)10-9-13-5-2-1-3-6-13/h1-8,11H,9-10,12H2,(H,20,21,25). The number of anilines is 1. The molecule has 10 heteroatoms. The number of amides is 1. The summed E-state index contributed by atoms with van der Waals surface area (Å²) in [6, 6.07) is 15.3. The normalized spacial score (nSPS) is 10.5. The number of Topliss-reactive ketones (excluding diaryl/α,β-unsaturated/α-hetero) is 1. The van der Waals surface area contributed by atoms with Gasteiger partial charge in [-0.3, -0.25) is 19.7 Å². The third-order valence-electron chi connectivity index (χ3n) is 3.84. The fourth-order valence-electron chi connectivity index (χ4n) is 2.41. The van der Waals surface area contributed by atoms with Gasteiger partial charge in [0, 0.05) is 24.1 Å². The predicted octanol–water partition coefficient (Wildman–Crippen LogP) is 3.99. The Morgan fingerprint density at radius 3 is 2.66 bits per heavy atom. The number of aryl methyl sites for hydroxylation is 1. The average molecular weight is 428 g/mol. The van der Waals surface area contributed by atoms with E-state index >= 15 is 0 Å². The van der Waals surface area contributed by atoms with Crippen LogP contribution < -0.4 is 5.32 Å². The molecule has 3 rings (SSSR count). The lowest BCUT2D eigenvalue weighted by atomic mass is 10.1. The van der Waals surface area contributed by atoms with E-state index in [2.05, 4.69) is 15.5 Å². The number of nitrogens with one attached hydrogen (secondary N) is 1. The summed E-state index contributed by atoms with van der Waals surface area (Å²) < 4.78 is 0.530. The van der Waals surface area contributed by atoms with E-state index in [0.717, 1.165) is 5.56 Å². The first kappa shape index (κ1) is 20.6. The van der Waals surface area contributed by atoms with Gasteiger partial charge in [0.15, 0.2) is 10.1 Å². The number of hydrogen-bond donors (Lipinski definition) is 1. The van der Waals surface area contributed by atoms with Crippen LogP contribution in [0.5, 0.6) is 0 Å². The number of nitro benzene ring substituents is 1. The van der Waals surface area contributed by atoms with Crippen molar-refractivity contribution >= 4 is 45.6 Å². The van der Waals surface area contributed by atoms with Gasteiger partial charge >= 0.3 is 0 Å². The van der Waals surface area contributed by atoms with Crippen molar-refractivity contribution in [3.63, 3.8) is 0 Å². The van der Waals surface area contributed by atoms with Gasteiger partial charge in [0.05, 0.1) is 10.7 Å². The van der Waals surface area contributed by atoms with Crippen molar-refractivity contribution in [3.8, 4) is 0 Å². The Morgan fingerprint density at radius 2 is 1.90 bits per heavy atom. The number of rotatable bonds is 9. The molecule has 0 radical (unpaired) electrons. The molecule has 0 aliphatic carbocycles. The molecule has 2 aromatic carbocycles. The van der Waals surface area contributed by atoms with Crippen LogP contribution in [0.4, 0.5) is 10.8 Å². The van der Waals surface area contributed by atoms with Crippen LogP contribution in [0, 0.1) is 10.1 Å². The minimum Gasteiger partial charge on any atom is -0.300 e. The van der Waals surface area contributed by atoms with Crippen LogP contribution in [0.2, 0.25) is 0 Å². The molecule has 0 unspecified atom stereocenters. The number of aromatic nitrogens is 2. The summed E-state index contributed by atoms with van der Waals surface area (Å²) in [5, 5.41) is 21.8.